The number of amides is 1. The summed E-state index contributed by atoms with van der Waals surface area (Å²) in [6, 6.07) is 14.1. The Balaban J connectivity index is 1.38. The molecule has 1 N–H and O–H groups in total. The third-order valence-electron chi connectivity index (χ3n) is 5.65. The molecule has 0 bridgehead atoms. The number of nitrogens with one attached hydrogen (secondary N) is 1. The second-order valence-electron chi connectivity index (χ2n) is 7.80. The van der Waals surface area contributed by atoms with Crippen LogP contribution in [0.2, 0.25) is 5.02 Å². The molecule has 10 heteroatoms. The molecule has 3 aromatic rings. The first-order chi connectivity index (χ1) is 16.3. The molecule has 0 spiro atoms. The summed E-state index contributed by atoms with van der Waals surface area (Å²) in [5, 5.41) is 2.90. The Morgan fingerprint density at radius 3 is 1.94 bits per heavy atom. The fourth-order valence-corrected chi connectivity index (χ4v) is 3.98. The van der Waals surface area contributed by atoms with Gasteiger partial charge in [0.25, 0.3) is 5.91 Å². The summed E-state index contributed by atoms with van der Waals surface area (Å²) in [6.07, 6.45) is 0. The molecule has 0 unspecified atom stereocenters. The quantitative estimate of drug-likeness (QED) is 0.284. The minimum absolute atomic E-state index is 0.148. The summed E-state index contributed by atoms with van der Waals surface area (Å²) in [4.78, 5) is 16.6. The highest BCUT2D eigenvalue weighted by molar-refractivity contribution is 6.31. The average molecular weight is 496 g/mol. The van der Waals surface area contributed by atoms with Crippen molar-refractivity contribution >= 4 is 28.9 Å². The fraction of sp³-hybridized carbons (Fsp3) is 0.208. The van der Waals surface area contributed by atoms with Crippen LogP contribution in [0, 0.1) is 29.1 Å². The van der Waals surface area contributed by atoms with E-state index in [-0.39, 0.29) is 5.69 Å². The first kappa shape index (κ1) is 24.0. The van der Waals surface area contributed by atoms with E-state index in [9.17, 15) is 26.7 Å². The smallest absolute Gasteiger partial charge is 0.261 e. The lowest BCUT2D eigenvalue weighted by Gasteiger charge is -2.36. The van der Waals surface area contributed by atoms with Gasteiger partial charge in [-0.3, -0.25) is 9.69 Å². The number of benzene rings is 3. The molecule has 4 rings (SSSR count). The summed E-state index contributed by atoms with van der Waals surface area (Å²) < 4.78 is 67.6. The molecule has 1 amide bonds. The molecular weight excluding hydrogens is 477 g/mol. The van der Waals surface area contributed by atoms with Crippen LogP contribution in [0.1, 0.15) is 15.9 Å². The highest BCUT2D eigenvalue weighted by atomic mass is 35.5. The van der Waals surface area contributed by atoms with E-state index in [1.807, 2.05) is 24.3 Å². The zero-order valence-corrected chi connectivity index (χ0v) is 18.5. The molecule has 0 radical (unpaired) electrons. The summed E-state index contributed by atoms with van der Waals surface area (Å²) in [7, 11) is 0. The number of carbonyl (C=O) groups excluding carboxylic acids is 1. The van der Waals surface area contributed by atoms with Crippen LogP contribution < -0.4 is 10.2 Å². The molecule has 1 heterocycles. The molecule has 0 saturated carbocycles. The van der Waals surface area contributed by atoms with E-state index in [2.05, 4.69) is 15.1 Å². The predicted molar refractivity (Wildman–Crippen MR) is 120 cm³/mol. The van der Waals surface area contributed by atoms with Crippen LogP contribution in [0.4, 0.5) is 33.3 Å². The second-order valence-corrected chi connectivity index (χ2v) is 8.21. The van der Waals surface area contributed by atoms with Crippen LogP contribution in [0.5, 0.6) is 0 Å². The van der Waals surface area contributed by atoms with Gasteiger partial charge in [0, 0.05) is 49.1 Å². The van der Waals surface area contributed by atoms with Crippen molar-refractivity contribution in [1.29, 1.82) is 0 Å². The maximum absolute atomic E-state index is 13.9. The van der Waals surface area contributed by atoms with Gasteiger partial charge in [-0.2, -0.15) is 0 Å². The van der Waals surface area contributed by atoms with Gasteiger partial charge in [0.1, 0.15) is 5.56 Å². The van der Waals surface area contributed by atoms with Gasteiger partial charge < -0.3 is 10.2 Å². The lowest BCUT2D eigenvalue weighted by Crippen LogP contribution is -2.46. The van der Waals surface area contributed by atoms with Crippen molar-refractivity contribution in [2.45, 2.75) is 6.54 Å². The van der Waals surface area contributed by atoms with Crippen LogP contribution in [-0.4, -0.2) is 37.0 Å². The Hall–Kier alpha value is -3.17. The molecule has 0 aliphatic carbocycles. The summed E-state index contributed by atoms with van der Waals surface area (Å²) in [5.41, 5.74) is 0.545. The van der Waals surface area contributed by atoms with Crippen LogP contribution in [-0.2, 0) is 6.54 Å². The van der Waals surface area contributed by atoms with E-state index in [0.29, 0.717) is 0 Å². The van der Waals surface area contributed by atoms with E-state index < -0.39 is 40.6 Å². The van der Waals surface area contributed by atoms with Gasteiger partial charge in [0.2, 0.25) is 5.82 Å². The summed E-state index contributed by atoms with van der Waals surface area (Å²) in [5.74, 6) is -12.5. The number of hydrogen-bond donors (Lipinski definition) is 1. The van der Waals surface area contributed by atoms with E-state index in [4.69, 9.17) is 11.6 Å². The number of nitrogens with zero attached hydrogens (tertiary/aromatic N) is 2. The van der Waals surface area contributed by atoms with Crippen molar-refractivity contribution < 1.29 is 26.7 Å². The van der Waals surface area contributed by atoms with Crippen LogP contribution in [0.25, 0.3) is 0 Å². The van der Waals surface area contributed by atoms with Crippen LogP contribution in [0.3, 0.4) is 0 Å². The third-order valence-corrected chi connectivity index (χ3v) is 6.02. The topological polar surface area (TPSA) is 35.6 Å². The lowest BCUT2D eigenvalue weighted by molar-refractivity contribution is 0.101. The second kappa shape index (κ2) is 9.99. The molecule has 4 nitrogen and oxygen atoms in total. The van der Waals surface area contributed by atoms with Crippen molar-refractivity contribution in [2.24, 2.45) is 0 Å². The van der Waals surface area contributed by atoms with E-state index in [0.717, 1.165) is 49.0 Å². The molecule has 0 aromatic heterocycles. The number of carbonyl (C=O) groups is 1. The molecule has 178 valence electrons. The Morgan fingerprint density at radius 2 is 1.35 bits per heavy atom. The molecule has 1 aliphatic heterocycles. The Kier molecular flexibility index (Phi) is 7.04. The minimum atomic E-state index is -2.32. The molecule has 0 atom stereocenters. The number of halogens is 6. The van der Waals surface area contributed by atoms with Gasteiger partial charge in [-0.15, -0.1) is 0 Å². The highest BCUT2D eigenvalue weighted by Crippen LogP contribution is 2.25. The molecular formula is C24H19ClF5N3O. The summed E-state index contributed by atoms with van der Waals surface area (Å²) >= 11 is 6.24. The number of piperazine rings is 1. The SMILES string of the molecule is O=C(Nc1ccc(N2CCN(Cc3ccccc3Cl)CC2)cc1)c1c(F)c(F)c(F)c(F)c1F. The minimum Gasteiger partial charge on any atom is -0.369 e. The van der Waals surface area contributed by atoms with E-state index in [1.54, 1.807) is 12.1 Å². The first-order valence-corrected chi connectivity index (χ1v) is 10.8. The van der Waals surface area contributed by atoms with Gasteiger partial charge in [0.15, 0.2) is 23.3 Å². The maximum atomic E-state index is 13.9. The van der Waals surface area contributed by atoms with E-state index >= 15 is 0 Å². The van der Waals surface area contributed by atoms with Crippen LogP contribution >= 0.6 is 11.6 Å². The number of hydrogen-bond acceptors (Lipinski definition) is 3. The van der Waals surface area contributed by atoms with Crippen LogP contribution in [0.15, 0.2) is 48.5 Å². The van der Waals surface area contributed by atoms with Gasteiger partial charge in [-0.05, 0) is 35.9 Å². The Bertz CT molecular complexity index is 1180. The third kappa shape index (κ3) is 4.85. The Labute approximate surface area is 197 Å². The number of rotatable bonds is 5. The predicted octanol–water partition coefficient (Wildman–Crippen LogP) is 5.61. The standard InChI is InChI=1S/C24H19ClF5N3O/c25-17-4-2-1-3-14(17)13-32-9-11-33(12-10-32)16-7-5-15(6-8-16)31-24(34)18-19(26)21(28)23(30)22(29)20(18)27/h1-8H,9-13H2,(H,31,34). The van der Waals surface area contributed by atoms with Crippen molar-refractivity contribution in [3.05, 3.63) is 93.8 Å². The van der Waals surface area contributed by atoms with Gasteiger partial charge in [-0.1, -0.05) is 29.8 Å². The zero-order valence-electron chi connectivity index (χ0n) is 17.7. The van der Waals surface area contributed by atoms with Gasteiger partial charge in [0.05, 0.1) is 0 Å². The monoisotopic (exact) mass is 495 g/mol. The Morgan fingerprint density at radius 1 is 0.794 bits per heavy atom. The normalized spacial score (nSPS) is 14.4. The molecule has 1 fully saturated rings. The largest absolute Gasteiger partial charge is 0.369 e. The fourth-order valence-electron chi connectivity index (χ4n) is 3.79. The lowest BCUT2D eigenvalue weighted by atomic mass is 10.1. The van der Waals surface area contributed by atoms with Gasteiger partial charge >= 0.3 is 0 Å². The van der Waals surface area contributed by atoms with E-state index in [1.165, 1.54) is 12.1 Å². The zero-order chi connectivity index (χ0) is 24.4. The van der Waals surface area contributed by atoms with Crippen molar-refractivity contribution in [3.8, 4) is 0 Å². The maximum Gasteiger partial charge on any atom is 0.261 e. The van der Waals surface area contributed by atoms with Gasteiger partial charge in [-0.25, -0.2) is 22.0 Å². The van der Waals surface area contributed by atoms with Crippen molar-refractivity contribution in [3.63, 3.8) is 0 Å². The first-order valence-electron chi connectivity index (χ1n) is 10.4. The molecule has 34 heavy (non-hydrogen) atoms. The highest BCUT2D eigenvalue weighted by Gasteiger charge is 2.29. The summed E-state index contributed by atoms with van der Waals surface area (Å²) in [6.45, 7) is 3.87. The molecule has 3 aromatic carbocycles. The van der Waals surface area contributed by atoms with Crippen molar-refractivity contribution in [1.82, 2.24) is 4.90 Å². The average Bonchev–Trinajstić information content (AvgIpc) is 2.84. The van der Waals surface area contributed by atoms with Crippen molar-refractivity contribution in [2.75, 3.05) is 36.4 Å². The molecule has 1 aliphatic rings. The molecule has 1 saturated heterocycles. The number of anilines is 2.